The fraction of sp³-hybridized carbons (Fsp3) is 0.800. The molecule has 6 heteroatoms. The van der Waals surface area contributed by atoms with Crippen LogP contribution in [0, 0.1) is 5.92 Å². The lowest BCUT2D eigenvalue weighted by Crippen LogP contribution is -2.49. The average Bonchev–Trinajstić information content (AvgIpc) is 2.30. The molecule has 6 nitrogen and oxygen atoms in total. The van der Waals surface area contributed by atoms with E-state index in [1.165, 1.54) is 0 Å². The summed E-state index contributed by atoms with van der Waals surface area (Å²) in [5.74, 6) is 1.78. The summed E-state index contributed by atoms with van der Waals surface area (Å²) in [4.78, 5) is 8.55. The topological polar surface area (TPSA) is 89.2 Å². The molecule has 0 aromatic heterocycles. The van der Waals surface area contributed by atoms with E-state index in [1.807, 2.05) is 6.92 Å². The molecule has 2 unspecified atom stereocenters. The SMILES string of the molecule is CC(C1=NCC(O)CN1)C1=NCC(O)CN1. The van der Waals surface area contributed by atoms with Crippen molar-refractivity contribution in [2.45, 2.75) is 19.1 Å². The van der Waals surface area contributed by atoms with Crippen LogP contribution < -0.4 is 10.6 Å². The molecule has 4 N–H and O–H groups in total. The first-order valence-electron chi connectivity index (χ1n) is 5.59. The zero-order valence-electron chi connectivity index (χ0n) is 9.35. The van der Waals surface area contributed by atoms with Crippen LogP contribution >= 0.6 is 0 Å². The first-order chi connectivity index (χ1) is 7.66. The Bertz CT molecular complexity index is 286. The molecule has 0 bridgehead atoms. The van der Waals surface area contributed by atoms with E-state index < -0.39 is 0 Å². The summed E-state index contributed by atoms with van der Waals surface area (Å²) in [5, 5.41) is 24.8. The third kappa shape index (κ3) is 2.51. The number of amidine groups is 2. The molecular formula is C10H18N4O2. The van der Waals surface area contributed by atoms with E-state index in [-0.39, 0.29) is 18.1 Å². The number of aliphatic hydroxyl groups is 2. The van der Waals surface area contributed by atoms with Gasteiger partial charge in [0.1, 0.15) is 11.7 Å². The van der Waals surface area contributed by atoms with Crippen LogP contribution in [0.2, 0.25) is 0 Å². The smallest absolute Gasteiger partial charge is 0.107 e. The van der Waals surface area contributed by atoms with Gasteiger partial charge in [-0.3, -0.25) is 9.98 Å². The van der Waals surface area contributed by atoms with Crippen LogP contribution in [0.3, 0.4) is 0 Å². The number of rotatable bonds is 2. The second kappa shape index (κ2) is 4.80. The Morgan fingerprint density at radius 3 is 1.81 bits per heavy atom. The first-order valence-corrected chi connectivity index (χ1v) is 5.59. The predicted molar refractivity (Wildman–Crippen MR) is 61.8 cm³/mol. The van der Waals surface area contributed by atoms with Gasteiger partial charge in [0.2, 0.25) is 0 Å². The number of aliphatic hydroxyl groups excluding tert-OH is 2. The lowest BCUT2D eigenvalue weighted by molar-refractivity contribution is 0.179. The maximum atomic E-state index is 9.31. The fourth-order valence-corrected chi connectivity index (χ4v) is 1.80. The zero-order chi connectivity index (χ0) is 11.5. The molecule has 2 rings (SSSR count). The van der Waals surface area contributed by atoms with Crippen molar-refractivity contribution in [1.29, 1.82) is 0 Å². The molecule has 0 radical (unpaired) electrons. The molecule has 0 spiro atoms. The van der Waals surface area contributed by atoms with Gasteiger partial charge in [0, 0.05) is 13.1 Å². The number of aliphatic imine (C=N–C) groups is 2. The number of hydrogen-bond donors (Lipinski definition) is 4. The van der Waals surface area contributed by atoms with Crippen LogP contribution in [0.4, 0.5) is 0 Å². The van der Waals surface area contributed by atoms with Gasteiger partial charge in [-0.1, -0.05) is 0 Å². The van der Waals surface area contributed by atoms with E-state index in [4.69, 9.17) is 0 Å². The molecule has 2 atom stereocenters. The van der Waals surface area contributed by atoms with E-state index in [9.17, 15) is 10.2 Å². The Balaban J connectivity index is 1.99. The Hall–Kier alpha value is -1.14. The maximum absolute atomic E-state index is 9.31. The zero-order valence-corrected chi connectivity index (χ0v) is 9.35. The maximum Gasteiger partial charge on any atom is 0.107 e. The normalized spacial score (nSPS) is 31.9. The van der Waals surface area contributed by atoms with Gasteiger partial charge >= 0.3 is 0 Å². The van der Waals surface area contributed by atoms with Crippen LogP contribution in [0.1, 0.15) is 6.92 Å². The number of hydrogen-bond acceptors (Lipinski definition) is 6. The van der Waals surface area contributed by atoms with Crippen molar-refractivity contribution in [2.75, 3.05) is 26.2 Å². The minimum atomic E-state index is -0.390. The third-order valence-electron chi connectivity index (χ3n) is 2.80. The Kier molecular flexibility index (Phi) is 3.40. The minimum absolute atomic E-state index is 0.0694. The molecule has 90 valence electrons. The standard InChI is InChI=1S/C10H18N4O2/c1-6(9-11-2-7(15)3-12-9)10-13-4-8(16)5-14-10/h6-8,15-16H,2-5H2,1H3,(H,11,12)(H,13,14). The Morgan fingerprint density at radius 1 is 1.06 bits per heavy atom. The first kappa shape index (κ1) is 11.3. The van der Waals surface area contributed by atoms with E-state index in [0.29, 0.717) is 26.2 Å². The summed E-state index contributed by atoms with van der Waals surface area (Å²) in [6, 6.07) is 0. The molecule has 0 fully saturated rings. The van der Waals surface area contributed by atoms with E-state index >= 15 is 0 Å². The van der Waals surface area contributed by atoms with Crippen LogP contribution in [0.15, 0.2) is 9.98 Å². The predicted octanol–water partition coefficient (Wildman–Crippen LogP) is -1.65. The molecule has 0 saturated carbocycles. The highest BCUT2D eigenvalue weighted by Crippen LogP contribution is 2.06. The van der Waals surface area contributed by atoms with Crippen molar-refractivity contribution >= 4 is 11.7 Å². The summed E-state index contributed by atoms with van der Waals surface area (Å²) < 4.78 is 0. The second-order valence-corrected chi connectivity index (χ2v) is 4.24. The fourth-order valence-electron chi connectivity index (χ4n) is 1.80. The van der Waals surface area contributed by atoms with Gasteiger partial charge < -0.3 is 20.8 Å². The molecule has 0 aliphatic carbocycles. The lowest BCUT2D eigenvalue weighted by atomic mass is 10.1. The molecule has 0 saturated heterocycles. The van der Waals surface area contributed by atoms with Crippen molar-refractivity contribution in [1.82, 2.24) is 10.6 Å². The Labute approximate surface area is 94.5 Å². The summed E-state index contributed by atoms with van der Waals surface area (Å²) in [6.45, 7) is 3.98. The van der Waals surface area contributed by atoms with Gasteiger partial charge in [-0.2, -0.15) is 0 Å². The minimum Gasteiger partial charge on any atom is -0.389 e. The van der Waals surface area contributed by atoms with E-state index in [0.717, 1.165) is 11.7 Å². The highest BCUT2D eigenvalue weighted by Gasteiger charge is 2.23. The van der Waals surface area contributed by atoms with Crippen molar-refractivity contribution in [2.24, 2.45) is 15.9 Å². The summed E-state index contributed by atoms with van der Waals surface area (Å²) in [6.07, 6.45) is -0.780. The van der Waals surface area contributed by atoms with Gasteiger partial charge in [0.05, 0.1) is 31.2 Å². The number of nitrogens with zero attached hydrogens (tertiary/aromatic N) is 2. The van der Waals surface area contributed by atoms with Gasteiger partial charge in [0.15, 0.2) is 0 Å². The van der Waals surface area contributed by atoms with Gasteiger partial charge in [0.25, 0.3) is 0 Å². The molecule has 0 amide bonds. The van der Waals surface area contributed by atoms with Gasteiger partial charge in [-0.05, 0) is 6.92 Å². The number of β-amino-alcohol motifs (C(OH)–C–C–N with tert-alkyl or cyclic N) is 2. The quantitative estimate of drug-likeness (QED) is 0.454. The van der Waals surface area contributed by atoms with Gasteiger partial charge in [-0.15, -0.1) is 0 Å². The molecule has 0 aromatic carbocycles. The van der Waals surface area contributed by atoms with Crippen LogP contribution in [0.25, 0.3) is 0 Å². The van der Waals surface area contributed by atoms with Gasteiger partial charge in [-0.25, -0.2) is 0 Å². The van der Waals surface area contributed by atoms with Crippen LogP contribution in [-0.4, -0.2) is 60.3 Å². The van der Waals surface area contributed by atoms with Crippen LogP contribution in [-0.2, 0) is 0 Å². The third-order valence-corrected chi connectivity index (χ3v) is 2.80. The molecule has 0 aromatic rings. The molecule has 2 aliphatic rings. The highest BCUT2D eigenvalue weighted by atomic mass is 16.3. The van der Waals surface area contributed by atoms with Crippen LogP contribution in [0.5, 0.6) is 0 Å². The second-order valence-electron chi connectivity index (χ2n) is 4.24. The van der Waals surface area contributed by atoms with Crippen molar-refractivity contribution < 1.29 is 10.2 Å². The van der Waals surface area contributed by atoms with Crippen molar-refractivity contribution in [3.63, 3.8) is 0 Å². The van der Waals surface area contributed by atoms with Crippen molar-refractivity contribution in [3.05, 3.63) is 0 Å². The highest BCUT2D eigenvalue weighted by molar-refractivity contribution is 6.05. The number of nitrogens with one attached hydrogen (secondary N) is 2. The monoisotopic (exact) mass is 226 g/mol. The lowest BCUT2D eigenvalue weighted by Gasteiger charge is -2.27. The van der Waals surface area contributed by atoms with Crippen molar-refractivity contribution in [3.8, 4) is 0 Å². The molecule has 16 heavy (non-hydrogen) atoms. The molecule has 2 aliphatic heterocycles. The molecule has 2 heterocycles. The van der Waals surface area contributed by atoms with E-state index in [1.54, 1.807) is 0 Å². The summed E-state index contributed by atoms with van der Waals surface area (Å²) in [5.41, 5.74) is 0. The average molecular weight is 226 g/mol. The summed E-state index contributed by atoms with van der Waals surface area (Å²) in [7, 11) is 0. The Morgan fingerprint density at radius 2 is 1.50 bits per heavy atom. The summed E-state index contributed by atoms with van der Waals surface area (Å²) >= 11 is 0. The largest absolute Gasteiger partial charge is 0.389 e. The molecular weight excluding hydrogens is 208 g/mol. The van der Waals surface area contributed by atoms with E-state index in [2.05, 4.69) is 20.6 Å².